The van der Waals surface area contributed by atoms with Gasteiger partial charge in [-0.05, 0) is 37.1 Å². The third-order valence-electron chi connectivity index (χ3n) is 3.46. The van der Waals surface area contributed by atoms with Gasteiger partial charge in [0, 0.05) is 11.5 Å². The van der Waals surface area contributed by atoms with Crippen LogP contribution >= 0.6 is 0 Å². The number of hydrogen-bond acceptors (Lipinski definition) is 3. The highest BCUT2D eigenvalue weighted by molar-refractivity contribution is 6.00. The number of Topliss-reactive ketones (excluding diaryl/α,β-unsaturated/α-hetero) is 1. The molecule has 1 N–H and O–H groups in total. The van der Waals surface area contributed by atoms with Crippen molar-refractivity contribution in [2.24, 2.45) is 11.8 Å². The minimum Gasteiger partial charge on any atom is -0.497 e. The number of allylic oxidation sites excluding steroid dienone is 2. The highest BCUT2D eigenvalue weighted by atomic mass is 16.5. The Balaban J connectivity index is 2.21. The Morgan fingerprint density at radius 2 is 1.68 bits per heavy atom. The van der Waals surface area contributed by atoms with E-state index in [1.807, 2.05) is 12.2 Å². The number of aliphatic carboxylic acids is 1. The SMILES string of the molecule is COc1ccc(C(=O)C2CC=CCC2C(=O)O)cc1. The number of hydrogen-bond donors (Lipinski definition) is 1. The number of ether oxygens (including phenoxy) is 1. The van der Waals surface area contributed by atoms with Gasteiger partial charge in [-0.3, -0.25) is 9.59 Å². The average Bonchev–Trinajstić information content (AvgIpc) is 2.46. The molecule has 1 aromatic carbocycles. The van der Waals surface area contributed by atoms with Gasteiger partial charge in [0.1, 0.15) is 5.75 Å². The number of benzene rings is 1. The third kappa shape index (κ3) is 2.84. The lowest BCUT2D eigenvalue weighted by Crippen LogP contribution is -2.31. The van der Waals surface area contributed by atoms with Gasteiger partial charge in [0.15, 0.2) is 5.78 Å². The molecule has 0 aliphatic heterocycles. The second kappa shape index (κ2) is 5.69. The molecule has 0 radical (unpaired) electrons. The van der Waals surface area contributed by atoms with Crippen LogP contribution in [0.25, 0.3) is 0 Å². The average molecular weight is 260 g/mol. The van der Waals surface area contributed by atoms with Crippen LogP contribution < -0.4 is 4.74 Å². The summed E-state index contributed by atoms with van der Waals surface area (Å²) in [7, 11) is 1.56. The predicted molar refractivity (Wildman–Crippen MR) is 70.3 cm³/mol. The lowest BCUT2D eigenvalue weighted by atomic mass is 9.78. The minimum atomic E-state index is -0.906. The van der Waals surface area contributed by atoms with Gasteiger partial charge < -0.3 is 9.84 Å². The second-order valence-corrected chi connectivity index (χ2v) is 4.59. The molecule has 0 saturated heterocycles. The van der Waals surface area contributed by atoms with Crippen molar-refractivity contribution in [3.05, 3.63) is 42.0 Å². The molecule has 4 heteroatoms. The topological polar surface area (TPSA) is 63.6 Å². The highest BCUT2D eigenvalue weighted by Gasteiger charge is 2.34. The van der Waals surface area contributed by atoms with Crippen molar-refractivity contribution in [2.75, 3.05) is 7.11 Å². The zero-order valence-corrected chi connectivity index (χ0v) is 10.7. The summed E-state index contributed by atoms with van der Waals surface area (Å²) < 4.78 is 5.04. The lowest BCUT2D eigenvalue weighted by molar-refractivity contribution is -0.143. The van der Waals surface area contributed by atoms with Crippen LogP contribution in [0.1, 0.15) is 23.2 Å². The molecular formula is C15H16O4. The highest BCUT2D eigenvalue weighted by Crippen LogP contribution is 2.29. The molecular weight excluding hydrogens is 244 g/mol. The van der Waals surface area contributed by atoms with Crippen molar-refractivity contribution in [1.82, 2.24) is 0 Å². The number of carboxylic acid groups (broad SMARTS) is 1. The molecule has 1 aliphatic rings. The van der Waals surface area contributed by atoms with Crippen LogP contribution in [-0.4, -0.2) is 24.0 Å². The smallest absolute Gasteiger partial charge is 0.307 e. The van der Waals surface area contributed by atoms with Crippen LogP contribution in [0.2, 0.25) is 0 Å². The van der Waals surface area contributed by atoms with Gasteiger partial charge in [0.05, 0.1) is 13.0 Å². The zero-order chi connectivity index (χ0) is 13.8. The van der Waals surface area contributed by atoms with E-state index < -0.39 is 17.8 Å². The Labute approximate surface area is 111 Å². The maximum absolute atomic E-state index is 12.4. The van der Waals surface area contributed by atoms with Crippen molar-refractivity contribution in [3.8, 4) is 5.75 Å². The van der Waals surface area contributed by atoms with Crippen LogP contribution in [0.4, 0.5) is 0 Å². The van der Waals surface area contributed by atoms with Gasteiger partial charge >= 0.3 is 5.97 Å². The first-order valence-electron chi connectivity index (χ1n) is 6.19. The fraction of sp³-hybridized carbons (Fsp3) is 0.333. The molecule has 0 heterocycles. The van der Waals surface area contributed by atoms with E-state index in [1.165, 1.54) is 0 Å². The summed E-state index contributed by atoms with van der Waals surface area (Å²) in [6.07, 6.45) is 4.62. The Kier molecular flexibility index (Phi) is 4.00. The Morgan fingerprint density at radius 1 is 1.11 bits per heavy atom. The molecule has 4 nitrogen and oxygen atoms in total. The van der Waals surface area contributed by atoms with Crippen molar-refractivity contribution >= 4 is 11.8 Å². The van der Waals surface area contributed by atoms with E-state index in [4.69, 9.17) is 4.74 Å². The summed E-state index contributed by atoms with van der Waals surface area (Å²) in [5.41, 5.74) is 0.535. The van der Waals surface area contributed by atoms with Crippen LogP contribution in [-0.2, 0) is 4.79 Å². The third-order valence-corrected chi connectivity index (χ3v) is 3.46. The second-order valence-electron chi connectivity index (χ2n) is 4.59. The fourth-order valence-electron chi connectivity index (χ4n) is 2.35. The van der Waals surface area contributed by atoms with Crippen molar-refractivity contribution in [3.63, 3.8) is 0 Å². The molecule has 2 atom stereocenters. The standard InChI is InChI=1S/C15H16O4/c1-19-11-8-6-10(7-9-11)14(16)12-4-2-3-5-13(12)15(17)18/h2-3,6-9,12-13H,4-5H2,1H3,(H,17,18). The van der Waals surface area contributed by atoms with Crippen LogP contribution in [0, 0.1) is 11.8 Å². The van der Waals surface area contributed by atoms with Gasteiger partial charge in [0.25, 0.3) is 0 Å². The molecule has 1 aliphatic carbocycles. The van der Waals surface area contributed by atoms with Crippen molar-refractivity contribution in [1.29, 1.82) is 0 Å². The first-order chi connectivity index (χ1) is 9.13. The number of ketones is 1. The molecule has 0 aromatic heterocycles. The molecule has 2 rings (SSSR count). The quantitative estimate of drug-likeness (QED) is 0.667. The first kappa shape index (κ1) is 13.3. The summed E-state index contributed by atoms with van der Waals surface area (Å²) in [6, 6.07) is 6.78. The van der Waals surface area contributed by atoms with Crippen molar-refractivity contribution in [2.45, 2.75) is 12.8 Å². The zero-order valence-electron chi connectivity index (χ0n) is 10.7. The molecule has 2 unspecified atom stereocenters. The summed E-state index contributed by atoms with van der Waals surface area (Å²) in [5.74, 6) is -1.44. The molecule has 0 bridgehead atoms. The maximum atomic E-state index is 12.4. The molecule has 0 fully saturated rings. The van der Waals surface area contributed by atoms with E-state index in [0.717, 1.165) is 0 Å². The van der Waals surface area contributed by atoms with Gasteiger partial charge in [-0.25, -0.2) is 0 Å². The summed E-state index contributed by atoms with van der Waals surface area (Å²) >= 11 is 0. The fourth-order valence-corrected chi connectivity index (χ4v) is 2.35. The maximum Gasteiger partial charge on any atom is 0.307 e. The van der Waals surface area contributed by atoms with Crippen LogP contribution in [0.3, 0.4) is 0 Å². The summed E-state index contributed by atoms with van der Waals surface area (Å²) in [5, 5.41) is 9.18. The van der Waals surface area contributed by atoms with E-state index >= 15 is 0 Å². The Bertz CT molecular complexity index is 501. The normalized spacial score (nSPS) is 21.9. The number of rotatable bonds is 4. The van der Waals surface area contributed by atoms with Gasteiger partial charge in [-0.2, -0.15) is 0 Å². The minimum absolute atomic E-state index is 0.112. The largest absolute Gasteiger partial charge is 0.497 e. The van der Waals surface area contributed by atoms with E-state index in [0.29, 0.717) is 24.2 Å². The Hall–Kier alpha value is -2.10. The van der Waals surface area contributed by atoms with Crippen LogP contribution in [0.15, 0.2) is 36.4 Å². The number of carbonyl (C=O) groups excluding carboxylic acids is 1. The molecule has 0 amide bonds. The molecule has 1 aromatic rings. The lowest BCUT2D eigenvalue weighted by Gasteiger charge is -2.23. The number of methoxy groups -OCH3 is 1. The van der Waals surface area contributed by atoms with Crippen molar-refractivity contribution < 1.29 is 19.4 Å². The number of carboxylic acids is 1. The van der Waals surface area contributed by atoms with E-state index in [1.54, 1.807) is 31.4 Å². The summed E-state index contributed by atoms with van der Waals surface area (Å²) in [4.78, 5) is 23.6. The predicted octanol–water partition coefficient (Wildman–Crippen LogP) is 2.54. The van der Waals surface area contributed by atoms with E-state index in [2.05, 4.69) is 0 Å². The monoisotopic (exact) mass is 260 g/mol. The Morgan fingerprint density at radius 3 is 2.21 bits per heavy atom. The first-order valence-corrected chi connectivity index (χ1v) is 6.19. The number of carbonyl (C=O) groups is 2. The van der Waals surface area contributed by atoms with E-state index in [-0.39, 0.29) is 5.78 Å². The summed E-state index contributed by atoms with van der Waals surface area (Å²) in [6.45, 7) is 0. The van der Waals surface area contributed by atoms with Gasteiger partial charge in [-0.1, -0.05) is 12.2 Å². The van der Waals surface area contributed by atoms with E-state index in [9.17, 15) is 14.7 Å². The molecule has 0 spiro atoms. The molecule has 100 valence electrons. The molecule has 19 heavy (non-hydrogen) atoms. The van der Waals surface area contributed by atoms with Gasteiger partial charge in [-0.15, -0.1) is 0 Å². The molecule has 0 saturated carbocycles. The van der Waals surface area contributed by atoms with Gasteiger partial charge in [0.2, 0.25) is 0 Å². The van der Waals surface area contributed by atoms with Crippen LogP contribution in [0.5, 0.6) is 5.75 Å².